The van der Waals surface area contributed by atoms with E-state index >= 15 is 0 Å². The third-order valence-corrected chi connectivity index (χ3v) is 0.674. The molecule has 1 saturated heterocycles. The number of rotatable bonds is 0. The van der Waals surface area contributed by atoms with E-state index in [0.29, 0.717) is 0 Å². The predicted octanol–water partition coefficient (Wildman–Crippen LogP) is -1.56. The van der Waals surface area contributed by atoms with E-state index < -0.39 is 5.97 Å². The number of carboxylic acid groups (broad SMARTS) is 1. The van der Waals surface area contributed by atoms with Gasteiger partial charge in [-0.2, -0.15) is 0 Å². The Bertz CT molecular complexity index is 166. The molecule has 1 aliphatic rings. The Kier molecular flexibility index (Phi) is 8.80. The van der Waals surface area contributed by atoms with E-state index in [2.05, 4.69) is 16.8 Å². The number of amides is 1. The van der Waals surface area contributed by atoms with Crippen LogP contribution in [0.3, 0.4) is 0 Å². The van der Waals surface area contributed by atoms with Crippen molar-refractivity contribution in [2.75, 3.05) is 6.54 Å². The maximum Gasteiger partial charge on any atom is 0.300 e. The molecule has 1 aliphatic heterocycles. The number of nitrogens with one attached hydrogen (secondary N) is 2. The maximum absolute atomic E-state index is 9.79. The second-order valence-electron chi connectivity index (χ2n) is 2.07. The highest BCUT2D eigenvalue weighted by Crippen LogP contribution is 1.85. The van der Waals surface area contributed by atoms with E-state index in [1.54, 1.807) is 0 Å². The normalized spacial score (nSPS) is 11.6. The molecule has 0 aromatic carbocycles. The molecule has 7 N–H and O–H groups in total. The molecule has 1 fully saturated rings. The van der Waals surface area contributed by atoms with Crippen molar-refractivity contribution in [3.8, 4) is 0 Å². The van der Waals surface area contributed by atoms with Crippen LogP contribution in [-0.4, -0.2) is 29.5 Å². The summed E-state index contributed by atoms with van der Waals surface area (Å²) in [5, 5.41) is 16.0. The zero-order valence-corrected chi connectivity index (χ0v) is 7.33. The van der Waals surface area contributed by atoms with Gasteiger partial charge in [-0.3, -0.25) is 15.0 Å². The average Bonchev–Trinajstić information content (AvgIpc) is 1.80. The molecule has 13 heavy (non-hydrogen) atoms. The van der Waals surface area contributed by atoms with Gasteiger partial charge in [-0.25, -0.2) is 0 Å². The summed E-state index contributed by atoms with van der Waals surface area (Å²) >= 11 is 0. The van der Waals surface area contributed by atoms with Gasteiger partial charge in [-0.1, -0.05) is 0 Å². The molecule has 0 aromatic heterocycles. The van der Waals surface area contributed by atoms with E-state index in [4.69, 9.17) is 15.3 Å². The van der Waals surface area contributed by atoms with Crippen LogP contribution in [0.1, 0.15) is 13.3 Å². The Morgan fingerprint density at radius 1 is 1.62 bits per heavy atom. The Morgan fingerprint density at radius 2 is 1.77 bits per heavy atom. The minimum Gasteiger partial charge on any atom is -0.481 e. The van der Waals surface area contributed by atoms with Crippen LogP contribution in [0.25, 0.3) is 0 Å². The highest BCUT2D eigenvalue weighted by Gasteiger charge is 2.07. The monoisotopic (exact) mass is 190 g/mol. The first kappa shape index (κ1) is 13.8. The van der Waals surface area contributed by atoms with Crippen molar-refractivity contribution in [1.82, 2.24) is 5.32 Å². The summed E-state index contributed by atoms with van der Waals surface area (Å²) in [6.07, 6.45) is 0.736. The van der Waals surface area contributed by atoms with Gasteiger partial charge >= 0.3 is 0 Å². The van der Waals surface area contributed by atoms with Gasteiger partial charge in [0.15, 0.2) is 5.96 Å². The standard InChI is InChI=1S/C3H5NO.C2H4O2.CH5N3/c5-3-1-2-4-3;1-2(3)4;2-1(3)4/h1-2H2,(H,4,5);1H3,(H,3,4);(H5,2,3,4). The Hall–Kier alpha value is -1.79. The molecule has 0 unspecified atom stereocenters. The fraction of sp³-hybridized carbons (Fsp3) is 0.500. The first-order valence-electron chi connectivity index (χ1n) is 3.42. The highest BCUT2D eigenvalue weighted by molar-refractivity contribution is 5.81. The van der Waals surface area contributed by atoms with E-state index in [-0.39, 0.29) is 11.9 Å². The number of β-lactam (4-membered cyclic amide) rings is 1. The lowest BCUT2D eigenvalue weighted by molar-refractivity contribution is -0.134. The van der Waals surface area contributed by atoms with Crippen LogP contribution >= 0.6 is 0 Å². The fourth-order valence-electron chi connectivity index (χ4n) is 0.227. The highest BCUT2D eigenvalue weighted by atomic mass is 16.4. The van der Waals surface area contributed by atoms with Gasteiger partial charge in [0, 0.05) is 19.9 Å². The molecule has 1 heterocycles. The van der Waals surface area contributed by atoms with Crippen LogP contribution < -0.4 is 16.8 Å². The summed E-state index contributed by atoms with van der Waals surface area (Å²) in [6.45, 7) is 1.97. The number of hydrogen-bond acceptors (Lipinski definition) is 3. The first-order valence-corrected chi connectivity index (χ1v) is 3.42. The van der Waals surface area contributed by atoms with Crippen LogP contribution in [-0.2, 0) is 9.59 Å². The number of carboxylic acids is 1. The quantitative estimate of drug-likeness (QED) is 0.178. The number of guanidine groups is 1. The minimum absolute atomic E-state index is 0.185. The number of nitrogens with two attached hydrogens (primary N) is 2. The zero-order chi connectivity index (χ0) is 10.9. The molecule has 0 atom stereocenters. The van der Waals surface area contributed by atoms with Gasteiger partial charge in [0.1, 0.15) is 0 Å². The van der Waals surface area contributed by atoms with Crippen LogP contribution in [0.15, 0.2) is 0 Å². The van der Waals surface area contributed by atoms with Gasteiger partial charge in [0.2, 0.25) is 5.91 Å². The van der Waals surface area contributed by atoms with E-state index in [0.717, 1.165) is 19.9 Å². The predicted molar refractivity (Wildman–Crippen MR) is 47.0 cm³/mol. The molecule has 0 saturated carbocycles. The van der Waals surface area contributed by atoms with E-state index in [1.807, 2.05) is 0 Å². The van der Waals surface area contributed by atoms with Crippen molar-refractivity contribution in [1.29, 1.82) is 5.41 Å². The molecule has 0 spiro atoms. The average molecular weight is 190 g/mol. The van der Waals surface area contributed by atoms with Crippen molar-refractivity contribution < 1.29 is 14.7 Å². The lowest BCUT2D eigenvalue weighted by atomic mass is 10.3. The number of carbonyl (C=O) groups is 2. The smallest absolute Gasteiger partial charge is 0.300 e. The molecule has 1 amide bonds. The van der Waals surface area contributed by atoms with E-state index in [1.165, 1.54) is 0 Å². The largest absolute Gasteiger partial charge is 0.481 e. The number of carbonyl (C=O) groups excluding carboxylic acids is 1. The fourth-order valence-corrected chi connectivity index (χ4v) is 0.227. The SMILES string of the molecule is CC(=O)O.N=C(N)N.O=C1CCN1. The Labute approximate surface area is 75.6 Å². The molecule has 0 aromatic rings. The summed E-state index contributed by atoms with van der Waals surface area (Å²) < 4.78 is 0. The summed E-state index contributed by atoms with van der Waals surface area (Å²) in [6, 6.07) is 0. The molecule has 7 nitrogen and oxygen atoms in total. The second-order valence-corrected chi connectivity index (χ2v) is 2.07. The maximum atomic E-state index is 9.79. The Balaban J connectivity index is 0. The molecule has 7 heteroatoms. The van der Waals surface area contributed by atoms with Crippen molar-refractivity contribution >= 4 is 17.8 Å². The van der Waals surface area contributed by atoms with Crippen molar-refractivity contribution in [3.05, 3.63) is 0 Å². The van der Waals surface area contributed by atoms with Gasteiger partial charge in [0.05, 0.1) is 0 Å². The van der Waals surface area contributed by atoms with Crippen molar-refractivity contribution in [2.45, 2.75) is 13.3 Å². The molecule has 0 radical (unpaired) electrons. The third-order valence-electron chi connectivity index (χ3n) is 0.674. The molecule has 0 bridgehead atoms. The van der Waals surface area contributed by atoms with Crippen molar-refractivity contribution in [3.63, 3.8) is 0 Å². The molecular weight excluding hydrogens is 176 g/mol. The lowest BCUT2D eigenvalue weighted by Gasteiger charge is -2.10. The van der Waals surface area contributed by atoms with Crippen LogP contribution in [0.4, 0.5) is 0 Å². The van der Waals surface area contributed by atoms with Gasteiger partial charge in [0.25, 0.3) is 5.97 Å². The van der Waals surface area contributed by atoms with Crippen LogP contribution in [0.5, 0.6) is 0 Å². The summed E-state index contributed by atoms with van der Waals surface area (Å²) in [4.78, 5) is 18.8. The number of hydrogen-bond donors (Lipinski definition) is 5. The van der Waals surface area contributed by atoms with Crippen LogP contribution in [0, 0.1) is 5.41 Å². The number of aliphatic carboxylic acids is 1. The van der Waals surface area contributed by atoms with Crippen molar-refractivity contribution in [2.24, 2.45) is 11.5 Å². The third kappa shape index (κ3) is 38.8. The molecule has 76 valence electrons. The minimum atomic E-state index is -0.833. The Morgan fingerprint density at radius 3 is 1.77 bits per heavy atom. The molecule has 1 rings (SSSR count). The van der Waals surface area contributed by atoms with Gasteiger partial charge in [-0.05, 0) is 0 Å². The summed E-state index contributed by atoms with van der Waals surface area (Å²) in [5.74, 6) is -0.981. The molecular formula is C6H14N4O3. The lowest BCUT2D eigenvalue weighted by Crippen LogP contribution is -2.37. The molecule has 0 aliphatic carbocycles. The zero-order valence-electron chi connectivity index (χ0n) is 7.33. The van der Waals surface area contributed by atoms with Gasteiger partial charge in [-0.15, -0.1) is 0 Å². The topological polar surface area (TPSA) is 142 Å². The van der Waals surface area contributed by atoms with Crippen LogP contribution in [0.2, 0.25) is 0 Å². The summed E-state index contributed by atoms with van der Waals surface area (Å²) in [5.41, 5.74) is 8.94. The second kappa shape index (κ2) is 8.31. The van der Waals surface area contributed by atoms with Gasteiger partial charge < -0.3 is 21.9 Å². The van der Waals surface area contributed by atoms with E-state index in [9.17, 15) is 4.79 Å². The first-order chi connectivity index (χ1) is 5.86. The summed E-state index contributed by atoms with van der Waals surface area (Å²) in [7, 11) is 0.